The molecule has 0 unspecified atom stereocenters. The second-order valence-electron chi connectivity index (χ2n) is 4.45. The molecule has 2 aromatic carbocycles. The summed E-state index contributed by atoms with van der Waals surface area (Å²) >= 11 is 0. The number of benzene rings is 2. The van der Waals surface area contributed by atoms with Crippen molar-refractivity contribution in [1.29, 1.82) is 0 Å². The molecule has 1 aliphatic rings. The van der Waals surface area contributed by atoms with Gasteiger partial charge in [0.25, 0.3) is 11.8 Å². The summed E-state index contributed by atoms with van der Waals surface area (Å²) in [5.74, 6) is -2.32. The zero-order valence-corrected chi connectivity index (χ0v) is 10.9. The predicted octanol–water partition coefficient (Wildman–Crippen LogP) is 2.16. The molecule has 0 radical (unpaired) electrons. The lowest BCUT2D eigenvalue weighted by molar-refractivity contribution is -0.125. The summed E-state index contributed by atoms with van der Waals surface area (Å²) in [5, 5.41) is 11.4. The predicted molar refractivity (Wildman–Crippen MR) is 75.3 cm³/mol. The Morgan fingerprint density at radius 2 is 1.43 bits per heavy atom. The molecule has 1 aliphatic heterocycles. The highest BCUT2D eigenvalue weighted by Gasteiger charge is 2.32. The van der Waals surface area contributed by atoms with Crippen LogP contribution in [-0.2, 0) is 9.59 Å². The minimum absolute atomic E-state index is 0.362. The smallest absolute Gasteiger partial charge is 0.298 e. The molecule has 0 saturated carbocycles. The number of imide groups is 1. The second kappa shape index (κ2) is 5.13. The molecular weight excluding hydrogens is 270 g/mol. The fourth-order valence-electron chi connectivity index (χ4n) is 1.99. The van der Waals surface area contributed by atoms with Gasteiger partial charge in [-0.25, -0.2) is 0 Å². The Morgan fingerprint density at radius 3 is 2.00 bits per heavy atom. The highest BCUT2D eigenvalue weighted by molar-refractivity contribution is 6.17. The van der Waals surface area contributed by atoms with E-state index in [1.165, 1.54) is 0 Å². The summed E-state index contributed by atoms with van der Waals surface area (Å²) in [6, 6.07) is 16.8. The molecule has 2 aromatic rings. The molecule has 0 saturated heterocycles. The summed E-state index contributed by atoms with van der Waals surface area (Å²) in [7, 11) is 0. The van der Waals surface area contributed by atoms with Gasteiger partial charge >= 0.3 is 0 Å². The van der Waals surface area contributed by atoms with Gasteiger partial charge in [0.05, 0.1) is 0 Å². The van der Waals surface area contributed by atoms with Crippen molar-refractivity contribution in [3.8, 4) is 16.9 Å². The lowest BCUT2D eigenvalue weighted by Gasteiger charge is -2.06. The quantitative estimate of drug-likeness (QED) is 0.845. The van der Waals surface area contributed by atoms with E-state index in [1.807, 2.05) is 47.8 Å². The van der Waals surface area contributed by atoms with Gasteiger partial charge in [0.15, 0.2) is 0 Å². The van der Waals surface area contributed by atoms with Crippen LogP contribution in [0.4, 0.5) is 0 Å². The number of amides is 2. The van der Waals surface area contributed by atoms with Gasteiger partial charge in [-0.15, -0.1) is 0 Å². The summed E-state index contributed by atoms with van der Waals surface area (Å²) < 4.78 is 5.26. The van der Waals surface area contributed by atoms with Crippen LogP contribution in [0.2, 0.25) is 0 Å². The van der Waals surface area contributed by atoms with Crippen LogP contribution in [0.15, 0.2) is 66.1 Å². The maximum atomic E-state index is 11.4. The molecule has 3 rings (SSSR count). The molecule has 0 aromatic heterocycles. The van der Waals surface area contributed by atoms with E-state index in [1.54, 1.807) is 12.1 Å². The molecule has 2 amide bonds. The topological polar surface area (TPSA) is 75.6 Å². The maximum absolute atomic E-state index is 11.4. The van der Waals surface area contributed by atoms with E-state index in [2.05, 4.69) is 0 Å². The van der Waals surface area contributed by atoms with Crippen molar-refractivity contribution in [2.24, 2.45) is 0 Å². The first kappa shape index (κ1) is 12.9. The van der Waals surface area contributed by atoms with Crippen LogP contribution in [0, 0.1) is 0 Å². The fourth-order valence-corrected chi connectivity index (χ4v) is 1.99. The molecule has 0 bridgehead atoms. The highest BCUT2D eigenvalue weighted by Crippen LogP contribution is 2.24. The van der Waals surface area contributed by atoms with E-state index in [9.17, 15) is 14.7 Å². The number of aliphatic hydroxyl groups excluding tert-OH is 1. The number of carbonyl (C=O) groups is 2. The van der Waals surface area contributed by atoms with Crippen LogP contribution in [0.3, 0.4) is 0 Å². The zero-order chi connectivity index (χ0) is 14.8. The maximum Gasteiger partial charge on any atom is 0.298 e. The number of ether oxygens (including phenoxy) is 1. The lowest BCUT2D eigenvalue weighted by atomic mass is 10.1. The van der Waals surface area contributed by atoms with Crippen LogP contribution in [0.25, 0.3) is 11.1 Å². The highest BCUT2D eigenvalue weighted by atomic mass is 16.5. The first-order valence-electron chi connectivity index (χ1n) is 6.27. The molecule has 0 aliphatic carbocycles. The van der Waals surface area contributed by atoms with Gasteiger partial charge in [0, 0.05) is 0 Å². The Bertz CT molecular complexity index is 733. The van der Waals surface area contributed by atoms with Crippen LogP contribution in [0.1, 0.15) is 0 Å². The summed E-state index contributed by atoms with van der Waals surface area (Å²) in [6.07, 6.45) is 0. The number of carbonyl (C=O) groups excluding carboxylic acids is 2. The Kier molecular flexibility index (Phi) is 3.16. The average molecular weight is 281 g/mol. The van der Waals surface area contributed by atoms with Crippen molar-refractivity contribution in [3.05, 3.63) is 66.1 Å². The van der Waals surface area contributed by atoms with E-state index in [-0.39, 0.29) is 5.76 Å². The third-order valence-electron chi connectivity index (χ3n) is 3.04. The van der Waals surface area contributed by atoms with Gasteiger partial charge in [-0.1, -0.05) is 42.5 Å². The van der Waals surface area contributed by atoms with E-state index >= 15 is 0 Å². The van der Waals surface area contributed by atoms with Crippen molar-refractivity contribution in [2.45, 2.75) is 0 Å². The summed E-state index contributed by atoms with van der Waals surface area (Å²) in [5.41, 5.74) is 2.05. The molecule has 2 N–H and O–H groups in total. The van der Waals surface area contributed by atoms with Gasteiger partial charge in [-0.3, -0.25) is 14.9 Å². The molecule has 5 nitrogen and oxygen atoms in total. The molecule has 1 heterocycles. The summed E-state index contributed by atoms with van der Waals surface area (Å²) in [6.45, 7) is 0. The van der Waals surface area contributed by atoms with Gasteiger partial charge in [0.2, 0.25) is 11.5 Å². The largest absolute Gasteiger partial charge is 0.500 e. The molecular formula is C16H11NO4. The van der Waals surface area contributed by atoms with Crippen molar-refractivity contribution in [2.75, 3.05) is 0 Å². The Labute approximate surface area is 120 Å². The average Bonchev–Trinajstić information content (AvgIpc) is 2.75. The van der Waals surface area contributed by atoms with Gasteiger partial charge in [0.1, 0.15) is 5.75 Å². The summed E-state index contributed by atoms with van der Waals surface area (Å²) in [4.78, 5) is 22.5. The van der Waals surface area contributed by atoms with Crippen molar-refractivity contribution in [3.63, 3.8) is 0 Å². The number of hydrogen-bond acceptors (Lipinski definition) is 4. The van der Waals surface area contributed by atoms with Gasteiger partial charge in [-0.2, -0.15) is 0 Å². The SMILES string of the molecule is O=C1NC(=O)C(Oc2ccc(-c3ccccc3)cc2)=C1O. The van der Waals surface area contributed by atoms with Gasteiger partial charge in [-0.05, 0) is 23.3 Å². The molecule has 104 valence electrons. The van der Waals surface area contributed by atoms with E-state index in [4.69, 9.17) is 4.74 Å². The minimum atomic E-state index is -0.851. The van der Waals surface area contributed by atoms with E-state index < -0.39 is 17.6 Å². The third-order valence-corrected chi connectivity index (χ3v) is 3.04. The van der Waals surface area contributed by atoms with Crippen molar-refractivity contribution >= 4 is 11.8 Å². The molecule has 0 spiro atoms. The minimum Gasteiger partial charge on any atom is -0.500 e. The number of rotatable bonds is 3. The number of aliphatic hydroxyl groups is 1. The molecule has 5 heteroatoms. The van der Waals surface area contributed by atoms with Crippen molar-refractivity contribution < 1.29 is 19.4 Å². The molecule has 0 fully saturated rings. The monoisotopic (exact) mass is 281 g/mol. The zero-order valence-electron chi connectivity index (χ0n) is 10.9. The van der Waals surface area contributed by atoms with Crippen LogP contribution < -0.4 is 10.1 Å². The molecule has 0 atom stereocenters. The second-order valence-corrected chi connectivity index (χ2v) is 4.45. The van der Waals surface area contributed by atoms with Crippen LogP contribution in [-0.4, -0.2) is 16.9 Å². The first-order valence-corrected chi connectivity index (χ1v) is 6.27. The Morgan fingerprint density at radius 1 is 0.810 bits per heavy atom. The van der Waals surface area contributed by atoms with Crippen LogP contribution in [0.5, 0.6) is 5.75 Å². The third kappa shape index (κ3) is 2.49. The van der Waals surface area contributed by atoms with Gasteiger partial charge < -0.3 is 9.84 Å². The van der Waals surface area contributed by atoms with Crippen molar-refractivity contribution in [1.82, 2.24) is 5.32 Å². The van der Waals surface area contributed by atoms with E-state index in [0.717, 1.165) is 11.1 Å². The number of hydrogen-bond donors (Lipinski definition) is 2. The molecule has 21 heavy (non-hydrogen) atoms. The standard InChI is InChI=1S/C16H11NO4/c18-13-14(16(20)17-15(13)19)21-12-8-6-11(7-9-12)10-4-2-1-3-5-10/h1-9H,(H2,17,18,19,20). The van der Waals surface area contributed by atoms with E-state index in [0.29, 0.717) is 5.75 Å². The first-order chi connectivity index (χ1) is 10.1. The normalized spacial score (nSPS) is 14.3. The van der Waals surface area contributed by atoms with Crippen LogP contribution >= 0.6 is 0 Å². The lowest BCUT2D eigenvalue weighted by Crippen LogP contribution is -2.24. The Hall–Kier alpha value is -3.08. The fraction of sp³-hybridized carbons (Fsp3) is 0. The number of nitrogens with one attached hydrogen (secondary N) is 1. The Balaban J connectivity index is 1.83.